The van der Waals surface area contributed by atoms with E-state index < -0.39 is 0 Å². The van der Waals surface area contributed by atoms with Crippen LogP contribution < -0.4 is 4.90 Å². The van der Waals surface area contributed by atoms with E-state index in [9.17, 15) is 0 Å². The molecule has 0 radical (unpaired) electrons. The first-order valence-electron chi connectivity index (χ1n) is 15.8. The van der Waals surface area contributed by atoms with E-state index in [4.69, 9.17) is 4.98 Å². The number of fused-ring (bicyclic) bond motifs is 6. The van der Waals surface area contributed by atoms with E-state index in [1.54, 1.807) is 11.3 Å². The molecule has 9 aromatic rings. The van der Waals surface area contributed by atoms with Crippen molar-refractivity contribution in [3.05, 3.63) is 158 Å². The highest BCUT2D eigenvalue weighted by molar-refractivity contribution is 7.26. The highest BCUT2D eigenvalue weighted by atomic mass is 32.1. The third kappa shape index (κ3) is 4.19. The van der Waals surface area contributed by atoms with Crippen LogP contribution >= 0.6 is 22.7 Å². The van der Waals surface area contributed by atoms with Crippen molar-refractivity contribution in [3.8, 4) is 43.4 Å². The molecule has 1 aliphatic carbocycles. The van der Waals surface area contributed by atoms with Crippen LogP contribution in [0.3, 0.4) is 0 Å². The van der Waals surface area contributed by atoms with Crippen molar-refractivity contribution in [1.82, 2.24) is 4.98 Å². The first-order chi connectivity index (χ1) is 23.3. The predicted octanol–water partition coefficient (Wildman–Crippen LogP) is 13.1. The lowest BCUT2D eigenvalue weighted by Gasteiger charge is -2.28. The monoisotopic (exact) mass is 634 g/mol. The quantitative estimate of drug-likeness (QED) is 0.187. The summed E-state index contributed by atoms with van der Waals surface area (Å²) in [5.74, 6) is 0. The maximum absolute atomic E-state index is 5.21. The van der Waals surface area contributed by atoms with Crippen LogP contribution in [-0.4, -0.2) is 4.98 Å². The maximum Gasteiger partial charge on any atom is 0.124 e. The maximum atomic E-state index is 5.21. The van der Waals surface area contributed by atoms with Crippen LogP contribution in [0.25, 0.3) is 74.3 Å². The van der Waals surface area contributed by atoms with Gasteiger partial charge in [0.2, 0.25) is 0 Å². The third-order valence-corrected chi connectivity index (χ3v) is 11.5. The minimum Gasteiger partial charge on any atom is -0.310 e. The molecule has 7 aromatic carbocycles. The van der Waals surface area contributed by atoms with Crippen molar-refractivity contribution in [2.45, 2.75) is 0 Å². The Morgan fingerprint density at radius 1 is 0.468 bits per heavy atom. The molecular weight excluding hydrogens is 609 g/mol. The molecule has 4 heteroatoms. The topological polar surface area (TPSA) is 16.1 Å². The van der Waals surface area contributed by atoms with Crippen LogP contribution in [0.4, 0.5) is 17.1 Å². The van der Waals surface area contributed by atoms with Crippen molar-refractivity contribution in [1.29, 1.82) is 0 Å². The summed E-state index contributed by atoms with van der Waals surface area (Å²) in [6.07, 6.45) is 0. The van der Waals surface area contributed by atoms with E-state index in [1.165, 1.54) is 63.8 Å². The largest absolute Gasteiger partial charge is 0.310 e. The average molecular weight is 635 g/mol. The van der Waals surface area contributed by atoms with E-state index in [0.717, 1.165) is 27.6 Å². The summed E-state index contributed by atoms with van der Waals surface area (Å²) in [5, 5.41) is 6.16. The fraction of sp³-hybridized carbons (Fsp3) is 0. The van der Waals surface area contributed by atoms with Gasteiger partial charge in [0, 0.05) is 48.2 Å². The minimum absolute atomic E-state index is 1.06. The SMILES string of the molecule is c1ccc(-c2cccc(N(c3cc4c5c(cccc5c3)-c3nc(-c5ccccc5)sc3-4)c3cccc4sc5ccccc5c34)c2)cc1. The lowest BCUT2D eigenvalue weighted by Crippen LogP contribution is -2.10. The van der Waals surface area contributed by atoms with Gasteiger partial charge < -0.3 is 4.90 Å². The molecule has 2 heterocycles. The van der Waals surface area contributed by atoms with Gasteiger partial charge in [-0.05, 0) is 64.4 Å². The fourth-order valence-electron chi connectivity index (χ4n) is 7.13. The molecule has 0 aliphatic heterocycles. The Balaban J connectivity index is 1.24. The molecule has 0 spiro atoms. The molecule has 0 unspecified atom stereocenters. The van der Waals surface area contributed by atoms with Crippen molar-refractivity contribution < 1.29 is 0 Å². The average Bonchev–Trinajstić information content (AvgIpc) is 3.82. The number of anilines is 3. The van der Waals surface area contributed by atoms with E-state index in [0.29, 0.717) is 0 Å². The summed E-state index contributed by atoms with van der Waals surface area (Å²) in [7, 11) is 0. The molecule has 0 saturated heterocycles. The lowest BCUT2D eigenvalue weighted by atomic mass is 10.0. The molecule has 0 N–H and O–H groups in total. The number of nitrogens with zero attached hydrogens (tertiary/aromatic N) is 2. The van der Waals surface area contributed by atoms with Crippen molar-refractivity contribution in [2.75, 3.05) is 4.90 Å². The first kappa shape index (κ1) is 26.6. The molecule has 1 aliphatic rings. The molecule has 2 aromatic heterocycles. The molecular formula is C43H26N2S2. The smallest absolute Gasteiger partial charge is 0.124 e. The van der Waals surface area contributed by atoms with Gasteiger partial charge in [0.15, 0.2) is 0 Å². The Morgan fingerprint density at radius 2 is 1.19 bits per heavy atom. The molecule has 0 amide bonds. The molecule has 0 atom stereocenters. The molecule has 2 nitrogen and oxygen atoms in total. The second kappa shape index (κ2) is 10.5. The number of hydrogen-bond acceptors (Lipinski definition) is 4. The number of benzene rings is 7. The van der Waals surface area contributed by atoms with Gasteiger partial charge in [0.05, 0.1) is 16.3 Å². The summed E-state index contributed by atoms with van der Waals surface area (Å²) in [5.41, 5.74) is 10.6. The summed E-state index contributed by atoms with van der Waals surface area (Å²) in [4.78, 5) is 8.92. The Morgan fingerprint density at radius 3 is 2.06 bits per heavy atom. The first-order valence-corrected chi connectivity index (χ1v) is 17.4. The molecule has 47 heavy (non-hydrogen) atoms. The number of rotatable bonds is 5. The Hall–Kier alpha value is -5.55. The second-order valence-corrected chi connectivity index (χ2v) is 14.0. The molecule has 0 bridgehead atoms. The van der Waals surface area contributed by atoms with Crippen LogP contribution in [0.5, 0.6) is 0 Å². The number of thiazole rings is 1. The second-order valence-electron chi connectivity index (χ2n) is 12.0. The van der Waals surface area contributed by atoms with E-state index in [2.05, 4.69) is 163 Å². The summed E-state index contributed by atoms with van der Waals surface area (Å²) in [6.45, 7) is 0. The molecule has 0 fully saturated rings. The Kier molecular flexibility index (Phi) is 5.95. The Labute approximate surface area is 280 Å². The van der Waals surface area contributed by atoms with Crippen LogP contribution in [-0.2, 0) is 0 Å². The van der Waals surface area contributed by atoms with E-state index >= 15 is 0 Å². The van der Waals surface area contributed by atoms with E-state index in [-0.39, 0.29) is 0 Å². The van der Waals surface area contributed by atoms with Gasteiger partial charge in [-0.3, -0.25) is 0 Å². The zero-order chi connectivity index (χ0) is 30.9. The number of thiophene rings is 1. The van der Waals surface area contributed by atoms with Gasteiger partial charge in [-0.15, -0.1) is 22.7 Å². The fourth-order valence-corrected chi connectivity index (χ4v) is 9.37. The van der Waals surface area contributed by atoms with Gasteiger partial charge >= 0.3 is 0 Å². The van der Waals surface area contributed by atoms with Gasteiger partial charge in [0.25, 0.3) is 0 Å². The van der Waals surface area contributed by atoms with Crippen LogP contribution in [0.15, 0.2) is 158 Å². The summed E-state index contributed by atoms with van der Waals surface area (Å²) in [6, 6.07) is 57.1. The van der Waals surface area contributed by atoms with E-state index in [1.807, 2.05) is 11.3 Å². The highest BCUT2D eigenvalue weighted by Gasteiger charge is 2.28. The Bertz CT molecular complexity index is 2630. The highest BCUT2D eigenvalue weighted by Crippen LogP contribution is 2.54. The van der Waals surface area contributed by atoms with Gasteiger partial charge in [-0.25, -0.2) is 4.98 Å². The minimum atomic E-state index is 1.06. The third-order valence-electron chi connectivity index (χ3n) is 9.20. The zero-order valence-corrected chi connectivity index (χ0v) is 26.9. The van der Waals surface area contributed by atoms with Crippen LogP contribution in [0.2, 0.25) is 0 Å². The lowest BCUT2D eigenvalue weighted by molar-refractivity contribution is 1.31. The standard InChI is InChI=1S/C43H26N2S2/c1-3-12-27(13-4-1)29-16-9-18-31(24-29)45(36-21-11-23-38-40(36)33-19-7-8-22-37(33)46-38)32-25-30-17-10-20-34-39(30)35(26-32)42-41(34)44-43(47-42)28-14-5-2-6-15-28/h1-26H. The number of hydrogen-bond donors (Lipinski definition) is 0. The predicted molar refractivity (Wildman–Crippen MR) is 202 cm³/mol. The summed E-state index contributed by atoms with van der Waals surface area (Å²) < 4.78 is 2.59. The van der Waals surface area contributed by atoms with Crippen LogP contribution in [0, 0.1) is 0 Å². The zero-order valence-electron chi connectivity index (χ0n) is 25.2. The molecule has 0 saturated carbocycles. The van der Waals surface area contributed by atoms with Gasteiger partial charge in [-0.2, -0.15) is 0 Å². The molecule has 220 valence electrons. The van der Waals surface area contributed by atoms with Crippen molar-refractivity contribution in [3.63, 3.8) is 0 Å². The van der Waals surface area contributed by atoms with Gasteiger partial charge in [0.1, 0.15) is 5.01 Å². The number of aromatic nitrogens is 1. The van der Waals surface area contributed by atoms with Crippen molar-refractivity contribution in [2.24, 2.45) is 0 Å². The van der Waals surface area contributed by atoms with Gasteiger partial charge in [-0.1, -0.05) is 115 Å². The van der Waals surface area contributed by atoms with Crippen molar-refractivity contribution >= 4 is 70.7 Å². The normalized spacial score (nSPS) is 11.8. The molecule has 10 rings (SSSR count). The summed E-state index contributed by atoms with van der Waals surface area (Å²) >= 11 is 3.65. The van der Waals surface area contributed by atoms with Crippen LogP contribution in [0.1, 0.15) is 0 Å².